The highest BCUT2D eigenvalue weighted by molar-refractivity contribution is 5.94. The van der Waals surface area contributed by atoms with Gasteiger partial charge in [0.15, 0.2) is 0 Å². The maximum absolute atomic E-state index is 13.1. The summed E-state index contributed by atoms with van der Waals surface area (Å²) in [6.07, 6.45) is 1.79. The number of carbonyl (C=O) groups is 2. The predicted molar refractivity (Wildman–Crippen MR) is 98.0 cm³/mol. The third kappa shape index (κ3) is 4.14. The summed E-state index contributed by atoms with van der Waals surface area (Å²) in [7, 11) is 1.86. The Morgan fingerprint density at radius 1 is 1.23 bits per heavy atom. The summed E-state index contributed by atoms with van der Waals surface area (Å²) in [6.45, 7) is 1.31. The summed E-state index contributed by atoms with van der Waals surface area (Å²) >= 11 is 0. The van der Waals surface area contributed by atoms with Gasteiger partial charge in [0.2, 0.25) is 0 Å². The fourth-order valence-corrected chi connectivity index (χ4v) is 3.33. The topological polar surface area (TPSA) is 71.8 Å². The van der Waals surface area contributed by atoms with E-state index in [1.807, 2.05) is 48.0 Å². The fraction of sp³-hybridized carbons (Fsp3) is 0.400. The van der Waals surface area contributed by atoms with Crippen molar-refractivity contribution in [1.82, 2.24) is 9.47 Å². The van der Waals surface area contributed by atoms with Gasteiger partial charge in [0, 0.05) is 32.4 Å². The van der Waals surface area contributed by atoms with Crippen LogP contribution in [0.15, 0.2) is 42.5 Å². The van der Waals surface area contributed by atoms with Crippen molar-refractivity contribution in [1.29, 1.82) is 0 Å². The van der Waals surface area contributed by atoms with Gasteiger partial charge in [0.25, 0.3) is 5.91 Å². The Labute approximate surface area is 153 Å². The van der Waals surface area contributed by atoms with Crippen LogP contribution in [0.3, 0.4) is 0 Å². The standard InChI is InChI=1S/C20H24N2O4/c1-21-17(15-6-3-2-4-7-15)9-10-18(21)20(25)22(12-11-19(23)24)14-16-8-5-13-26-16/h2-4,6-7,9-10,16H,5,8,11-14H2,1H3,(H,23,24)/t16-/m1/s1. The largest absolute Gasteiger partial charge is 0.481 e. The average molecular weight is 356 g/mol. The van der Waals surface area contributed by atoms with Crippen molar-refractivity contribution >= 4 is 11.9 Å². The molecule has 2 aromatic rings. The first kappa shape index (κ1) is 18.2. The second-order valence-electron chi connectivity index (χ2n) is 6.56. The number of amides is 1. The molecule has 1 aromatic carbocycles. The minimum absolute atomic E-state index is 0.0124. The van der Waals surface area contributed by atoms with Crippen molar-refractivity contribution in [3.05, 3.63) is 48.2 Å². The molecule has 0 saturated carbocycles. The van der Waals surface area contributed by atoms with Crippen LogP contribution in [0.5, 0.6) is 0 Å². The van der Waals surface area contributed by atoms with Crippen molar-refractivity contribution in [2.24, 2.45) is 7.05 Å². The maximum atomic E-state index is 13.1. The number of hydrogen-bond acceptors (Lipinski definition) is 3. The van der Waals surface area contributed by atoms with Crippen LogP contribution >= 0.6 is 0 Å². The van der Waals surface area contributed by atoms with Gasteiger partial charge in [-0.25, -0.2) is 0 Å². The molecule has 1 aromatic heterocycles. The molecule has 1 aliphatic heterocycles. The number of carbonyl (C=O) groups excluding carboxylic acids is 1. The fourth-order valence-electron chi connectivity index (χ4n) is 3.33. The Kier molecular flexibility index (Phi) is 5.73. The average Bonchev–Trinajstić information content (AvgIpc) is 3.28. The molecule has 1 aliphatic rings. The molecule has 0 spiro atoms. The van der Waals surface area contributed by atoms with Crippen molar-refractivity contribution in [3.63, 3.8) is 0 Å². The zero-order valence-electron chi connectivity index (χ0n) is 14.9. The second-order valence-corrected chi connectivity index (χ2v) is 6.56. The summed E-state index contributed by atoms with van der Waals surface area (Å²) in [5, 5.41) is 9.01. The predicted octanol–water partition coefficient (Wildman–Crippen LogP) is 2.79. The van der Waals surface area contributed by atoms with Crippen LogP contribution in [0.25, 0.3) is 11.3 Å². The number of ether oxygens (including phenoxy) is 1. The molecule has 6 heteroatoms. The van der Waals surface area contributed by atoms with E-state index in [1.165, 1.54) is 0 Å². The maximum Gasteiger partial charge on any atom is 0.305 e. The molecule has 0 aliphatic carbocycles. The molecule has 3 rings (SSSR count). The van der Waals surface area contributed by atoms with E-state index >= 15 is 0 Å². The molecule has 138 valence electrons. The molecular weight excluding hydrogens is 332 g/mol. The first-order valence-electron chi connectivity index (χ1n) is 8.90. The molecular formula is C20H24N2O4. The third-order valence-corrected chi connectivity index (χ3v) is 4.74. The van der Waals surface area contributed by atoms with Crippen LogP contribution < -0.4 is 0 Å². The summed E-state index contributed by atoms with van der Waals surface area (Å²) < 4.78 is 7.49. The van der Waals surface area contributed by atoms with E-state index in [9.17, 15) is 9.59 Å². The minimum atomic E-state index is -0.910. The van der Waals surface area contributed by atoms with Gasteiger partial charge in [-0.05, 0) is 30.5 Å². The van der Waals surface area contributed by atoms with Crippen molar-refractivity contribution in [2.45, 2.75) is 25.4 Å². The normalized spacial score (nSPS) is 16.6. The van der Waals surface area contributed by atoms with Gasteiger partial charge < -0.3 is 19.3 Å². The van der Waals surface area contributed by atoms with E-state index < -0.39 is 5.97 Å². The Morgan fingerprint density at radius 3 is 2.65 bits per heavy atom. The molecule has 1 saturated heterocycles. The number of carboxylic acids is 1. The van der Waals surface area contributed by atoms with Gasteiger partial charge >= 0.3 is 5.97 Å². The summed E-state index contributed by atoms with van der Waals surface area (Å²) in [5.74, 6) is -1.07. The van der Waals surface area contributed by atoms with E-state index in [1.54, 1.807) is 11.0 Å². The van der Waals surface area contributed by atoms with Crippen LogP contribution in [-0.4, -0.2) is 52.3 Å². The molecule has 2 heterocycles. The monoisotopic (exact) mass is 356 g/mol. The van der Waals surface area contributed by atoms with Crippen LogP contribution in [-0.2, 0) is 16.6 Å². The van der Waals surface area contributed by atoms with Gasteiger partial charge in [0.1, 0.15) is 5.69 Å². The quantitative estimate of drug-likeness (QED) is 0.828. The minimum Gasteiger partial charge on any atom is -0.481 e. The molecule has 0 unspecified atom stereocenters. The van der Waals surface area contributed by atoms with E-state index in [-0.39, 0.29) is 25.0 Å². The van der Waals surface area contributed by atoms with Crippen LogP contribution in [0.4, 0.5) is 0 Å². The molecule has 1 atom stereocenters. The van der Waals surface area contributed by atoms with E-state index in [0.717, 1.165) is 24.1 Å². The van der Waals surface area contributed by atoms with E-state index in [4.69, 9.17) is 9.84 Å². The molecule has 1 amide bonds. The lowest BCUT2D eigenvalue weighted by Crippen LogP contribution is -2.39. The zero-order valence-corrected chi connectivity index (χ0v) is 14.9. The van der Waals surface area contributed by atoms with Gasteiger partial charge in [-0.3, -0.25) is 9.59 Å². The lowest BCUT2D eigenvalue weighted by atomic mass is 10.2. The third-order valence-electron chi connectivity index (χ3n) is 4.74. The SMILES string of the molecule is Cn1c(C(=O)N(CCC(=O)O)C[C@H]2CCCO2)ccc1-c1ccccc1. The molecule has 0 bridgehead atoms. The van der Waals surface area contributed by atoms with Gasteiger partial charge in [0.05, 0.1) is 12.5 Å². The number of hydrogen-bond donors (Lipinski definition) is 1. The Morgan fingerprint density at radius 2 is 2.00 bits per heavy atom. The van der Waals surface area contributed by atoms with Crippen molar-refractivity contribution in [2.75, 3.05) is 19.7 Å². The molecule has 1 fully saturated rings. The Hall–Kier alpha value is -2.60. The van der Waals surface area contributed by atoms with Crippen molar-refractivity contribution in [3.8, 4) is 11.3 Å². The van der Waals surface area contributed by atoms with E-state index in [0.29, 0.717) is 18.8 Å². The first-order chi connectivity index (χ1) is 12.6. The highest BCUT2D eigenvalue weighted by Crippen LogP contribution is 2.23. The van der Waals surface area contributed by atoms with E-state index in [2.05, 4.69) is 0 Å². The number of carboxylic acid groups (broad SMARTS) is 1. The van der Waals surface area contributed by atoms with Crippen LogP contribution in [0, 0.1) is 0 Å². The number of rotatable bonds is 7. The molecule has 0 radical (unpaired) electrons. The summed E-state index contributed by atoms with van der Waals surface area (Å²) in [5.41, 5.74) is 2.53. The molecule has 1 N–H and O–H groups in total. The van der Waals surface area contributed by atoms with Gasteiger partial charge in [-0.15, -0.1) is 0 Å². The number of benzene rings is 1. The van der Waals surface area contributed by atoms with Crippen LogP contribution in [0.1, 0.15) is 29.8 Å². The molecule has 26 heavy (non-hydrogen) atoms. The second kappa shape index (κ2) is 8.19. The highest BCUT2D eigenvalue weighted by Gasteiger charge is 2.25. The number of aromatic nitrogens is 1. The molecule has 6 nitrogen and oxygen atoms in total. The number of aliphatic carboxylic acids is 1. The van der Waals surface area contributed by atoms with Crippen molar-refractivity contribution < 1.29 is 19.4 Å². The van der Waals surface area contributed by atoms with Gasteiger partial charge in [-0.2, -0.15) is 0 Å². The van der Waals surface area contributed by atoms with Gasteiger partial charge in [-0.1, -0.05) is 30.3 Å². The smallest absolute Gasteiger partial charge is 0.305 e. The highest BCUT2D eigenvalue weighted by atomic mass is 16.5. The summed E-state index contributed by atoms with van der Waals surface area (Å²) in [4.78, 5) is 25.7. The number of nitrogens with zero attached hydrogens (tertiary/aromatic N) is 2. The zero-order chi connectivity index (χ0) is 18.5. The summed E-state index contributed by atoms with van der Waals surface area (Å²) in [6, 6.07) is 13.6. The Bertz CT molecular complexity index is 763. The lowest BCUT2D eigenvalue weighted by molar-refractivity contribution is -0.137. The van der Waals surface area contributed by atoms with Crippen LogP contribution in [0.2, 0.25) is 0 Å². The first-order valence-corrected chi connectivity index (χ1v) is 8.90. The Balaban J connectivity index is 1.81. The lowest BCUT2D eigenvalue weighted by Gasteiger charge is -2.25.